The minimum Gasteiger partial charge on any atom is -0.392 e. The van der Waals surface area contributed by atoms with E-state index in [9.17, 15) is 5.11 Å². The number of hydrogen-bond acceptors (Lipinski definition) is 2. The van der Waals surface area contributed by atoms with Crippen LogP contribution < -0.4 is 0 Å². The van der Waals surface area contributed by atoms with E-state index in [2.05, 4.69) is 4.90 Å². The molecule has 2 aliphatic carbocycles. The summed E-state index contributed by atoms with van der Waals surface area (Å²) in [7, 11) is 0. The van der Waals surface area contributed by atoms with Gasteiger partial charge < -0.3 is 10.0 Å². The number of rotatable bonds is 1. The van der Waals surface area contributed by atoms with Gasteiger partial charge in [-0.1, -0.05) is 6.42 Å². The minimum absolute atomic E-state index is 0.0330. The summed E-state index contributed by atoms with van der Waals surface area (Å²) in [5.41, 5.74) is 0. The molecule has 0 spiro atoms. The summed E-state index contributed by atoms with van der Waals surface area (Å²) in [5, 5.41) is 10.2. The van der Waals surface area contributed by atoms with Gasteiger partial charge in [-0.3, -0.25) is 0 Å². The Balaban J connectivity index is 1.69. The van der Waals surface area contributed by atoms with Gasteiger partial charge in [-0.25, -0.2) is 0 Å². The highest BCUT2D eigenvalue weighted by Crippen LogP contribution is 2.44. The first-order valence-electron chi connectivity index (χ1n) is 6.78. The number of piperidine rings is 1. The van der Waals surface area contributed by atoms with Crippen molar-refractivity contribution in [3.8, 4) is 0 Å². The van der Waals surface area contributed by atoms with Crippen molar-refractivity contribution in [2.45, 2.75) is 57.1 Å². The number of likely N-dealkylation sites (tertiary alicyclic amines) is 1. The molecule has 1 heterocycles. The van der Waals surface area contributed by atoms with E-state index in [1.807, 2.05) is 0 Å². The summed E-state index contributed by atoms with van der Waals surface area (Å²) >= 11 is 0. The molecule has 3 fully saturated rings. The average Bonchev–Trinajstić information content (AvgIpc) is 2.54. The Labute approximate surface area is 92.7 Å². The van der Waals surface area contributed by atoms with E-state index in [1.165, 1.54) is 58.0 Å². The van der Waals surface area contributed by atoms with Gasteiger partial charge in [0.1, 0.15) is 0 Å². The third-order valence-corrected chi connectivity index (χ3v) is 4.98. The Morgan fingerprint density at radius 2 is 1.60 bits per heavy atom. The molecule has 0 aromatic heterocycles. The van der Waals surface area contributed by atoms with Crippen molar-refractivity contribution in [2.24, 2.45) is 11.8 Å². The molecule has 0 radical (unpaired) electrons. The van der Waals surface area contributed by atoms with Gasteiger partial charge in [0.05, 0.1) is 6.10 Å². The molecule has 1 N–H and O–H groups in total. The summed E-state index contributed by atoms with van der Waals surface area (Å²) in [6.07, 6.45) is 9.41. The standard InChI is InChI=1S/C13H23NO/c15-13-10-4-6-11(13)12(7-5-10)14-8-2-1-3-9-14/h10-13,15H,1-9H2/t10-,11+,12+,13-/m1/s1. The molecule has 0 unspecified atom stereocenters. The van der Waals surface area contributed by atoms with Crippen molar-refractivity contribution in [3.05, 3.63) is 0 Å². The lowest BCUT2D eigenvalue weighted by Gasteiger charge is -2.42. The van der Waals surface area contributed by atoms with Gasteiger partial charge in [0.2, 0.25) is 0 Å². The molecule has 3 aliphatic rings. The largest absolute Gasteiger partial charge is 0.392 e. The summed E-state index contributed by atoms with van der Waals surface area (Å²) in [6.45, 7) is 2.58. The number of fused-ring (bicyclic) bond motifs is 2. The molecule has 0 amide bonds. The zero-order valence-corrected chi connectivity index (χ0v) is 9.57. The number of nitrogens with zero attached hydrogens (tertiary/aromatic N) is 1. The number of hydrogen-bond donors (Lipinski definition) is 1. The van der Waals surface area contributed by atoms with Gasteiger partial charge in [-0.15, -0.1) is 0 Å². The molecule has 0 aromatic rings. The molecule has 2 nitrogen and oxygen atoms in total. The van der Waals surface area contributed by atoms with Crippen LogP contribution in [-0.2, 0) is 0 Å². The molecule has 4 atom stereocenters. The van der Waals surface area contributed by atoms with E-state index in [4.69, 9.17) is 0 Å². The van der Waals surface area contributed by atoms with Crippen LogP contribution in [-0.4, -0.2) is 35.2 Å². The summed E-state index contributed by atoms with van der Waals surface area (Å²) in [5.74, 6) is 1.26. The van der Waals surface area contributed by atoms with Gasteiger partial charge in [0, 0.05) is 12.0 Å². The Morgan fingerprint density at radius 3 is 2.40 bits per heavy atom. The van der Waals surface area contributed by atoms with Crippen LogP contribution in [0.3, 0.4) is 0 Å². The van der Waals surface area contributed by atoms with Crippen LogP contribution in [0.2, 0.25) is 0 Å². The lowest BCUT2D eigenvalue weighted by Crippen LogP contribution is -2.48. The molecule has 1 saturated heterocycles. The molecule has 86 valence electrons. The predicted octanol–water partition coefficient (Wildman–Crippen LogP) is 2.02. The molecule has 1 aliphatic heterocycles. The van der Waals surface area contributed by atoms with Crippen molar-refractivity contribution < 1.29 is 5.11 Å². The Kier molecular flexibility index (Phi) is 2.73. The van der Waals surface area contributed by atoms with Crippen molar-refractivity contribution in [1.29, 1.82) is 0 Å². The fourth-order valence-corrected chi connectivity index (χ4v) is 4.14. The highest BCUT2D eigenvalue weighted by molar-refractivity contribution is 4.97. The van der Waals surface area contributed by atoms with Crippen molar-refractivity contribution in [2.75, 3.05) is 13.1 Å². The lowest BCUT2D eigenvalue weighted by molar-refractivity contribution is -0.00651. The van der Waals surface area contributed by atoms with Crippen molar-refractivity contribution in [3.63, 3.8) is 0 Å². The van der Waals surface area contributed by atoms with E-state index in [0.29, 0.717) is 11.8 Å². The second-order valence-corrected chi connectivity index (χ2v) is 5.73. The smallest absolute Gasteiger partial charge is 0.0611 e. The molecular formula is C13H23NO. The molecular weight excluding hydrogens is 186 g/mol. The first-order valence-corrected chi connectivity index (χ1v) is 6.78. The van der Waals surface area contributed by atoms with E-state index >= 15 is 0 Å². The van der Waals surface area contributed by atoms with Gasteiger partial charge in [-0.05, 0) is 57.5 Å². The lowest BCUT2D eigenvalue weighted by atomic mass is 9.81. The molecule has 2 saturated carbocycles. The Morgan fingerprint density at radius 1 is 0.867 bits per heavy atom. The summed E-state index contributed by atoms with van der Waals surface area (Å²) < 4.78 is 0. The van der Waals surface area contributed by atoms with Gasteiger partial charge in [0.15, 0.2) is 0 Å². The minimum atomic E-state index is 0.0330. The van der Waals surface area contributed by atoms with Crippen LogP contribution >= 0.6 is 0 Å². The average molecular weight is 209 g/mol. The predicted molar refractivity (Wildman–Crippen MR) is 60.7 cm³/mol. The highest BCUT2D eigenvalue weighted by atomic mass is 16.3. The zero-order valence-electron chi connectivity index (χ0n) is 9.57. The van der Waals surface area contributed by atoms with Crippen molar-refractivity contribution >= 4 is 0 Å². The third kappa shape index (κ3) is 1.72. The van der Waals surface area contributed by atoms with Crippen LogP contribution in [0.4, 0.5) is 0 Å². The first kappa shape index (κ1) is 10.1. The first-order chi connectivity index (χ1) is 7.36. The zero-order chi connectivity index (χ0) is 10.3. The topological polar surface area (TPSA) is 23.5 Å². The van der Waals surface area contributed by atoms with E-state index in [-0.39, 0.29) is 6.10 Å². The van der Waals surface area contributed by atoms with Crippen LogP contribution in [0.15, 0.2) is 0 Å². The highest BCUT2D eigenvalue weighted by Gasteiger charge is 2.45. The molecule has 2 bridgehead atoms. The fraction of sp³-hybridized carbons (Fsp3) is 1.00. The molecule has 15 heavy (non-hydrogen) atoms. The maximum atomic E-state index is 10.2. The number of aliphatic hydroxyl groups excluding tert-OH is 1. The van der Waals surface area contributed by atoms with E-state index in [1.54, 1.807) is 0 Å². The van der Waals surface area contributed by atoms with Crippen LogP contribution in [0.25, 0.3) is 0 Å². The number of aliphatic hydroxyl groups is 1. The van der Waals surface area contributed by atoms with Gasteiger partial charge >= 0.3 is 0 Å². The summed E-state index contributed by atoms with van der Waals surface area (Å²) in [4.78, 5) is 2.68. The Hall–Kier alpha value is -0.0800. The van der Waals surface area contributed by atoms with Crippen molar-refractivity contribution in [1.82, 2.24) is 4.90 Å². The van der Waals surface area contributed by atoms with E-state index in [0.717, 1.165) is 6.04 Å². The molecule has 2 heteroatoms. The molecule has 3 rings (SSSR count). The van der Waals surface area contributed by atoms with E-state index < -0.39 is 0 Å². The van der Waals surface area contributed by atoms with Gasteiger partial charge in [0.25, 0.3) is 0 Å². The summed E-state index contributed by atoms with van der Waals surface area (Å²) in [6, 6.07) is 0.721. The maximum absolute atomic E-state index is 10.2. The van der Waals surface area contributed by atoms with Crippen LogP contribution in [0.1, 0.15) is 44.9 Å². The fourth-order valence-electron chi connectivity index (χ4n) is 4.14. The quantitative estimate of drug-likeness (QED) is 0.714. The Bertz CT molecular complexity index is 225. The maximum Gasteiger partial charge on any atom is 0.0611 e. The monoisotopic (exact) mass is 209 g/mol. The second kappa shape index (κ2) is 4.06. The molecule has 0 aromatic carbocycles. The second-order valence-electron chi connectivity index (χ2n) is 5.73. The third-order valence-electron chi connectivity index (χ3n) is 4.98. The van der Waals surface area contributed by atoms with Crippen LogP contribution in [0.5, 0.6) is 0 Å². The SMILES string of the molecule is O[C@@H]1[C@@H]2CC[C@H]1[C@@H](N1CCCCC1)CC2. The van der Waals surface area contributed by atoms with Gasteiger partial charge in [-0.2, -0.15) is 0 Å². The normalized spacial score (nSPS) is 47.0. The van der Waals surface area contributed by atoms with Crippen LogP contribution in [0, 0.1) is 11.8 Å².